The van der Waals surface area contributed by atoms with Crippen LogP contribution in [0.2, 0.25) is 0 Å². The lowest BCUT2D eigenvalue weighted by atomic mass is 10.1. The standard InChI is InChI=1S/C18H22N4O2S/c1-24-15-4-2-3-13(11-15)12-16-19-18(25-20-16)22-9-7-21(8-10-22)17(23)14-5-6-14/h2-4,11,14H,5-10,12H2,1H3. The number of anilines is 1. The zero-order chi connectivity index (χ0) is 17.2. The van der Waals surface area contributed by atoms with Crippen LogP contribution in [0.1, 0.15) is 24.2 Å². The van der Waals surface area contributed by atoms with Gasteiger partial charge < -0.3 is 14.5 Å². The molecule has 6 nitrogen and oxygen atoms in total. The molecule has 0 spiro atoms. The van der Waals surface area contributed by atoms with Gasteiger partial charge in [0, 0.05) is 50.1 Å². The quantitative estimate of drug-likeness (QED) is 0.820. The fraction of sp³-hybridized carbons (Fsp3) is 0.500. The van der Waals surface area contributed by atoms with Gasteiger partial charge in [0.2, 0.25) is 11.0 Å². The van der Waals surface area contributed by atoms with Crippen molar-refractivity contribution in [1.29, 1.82) is 0 Å². The number of hydrogen-bond donors (Lipinski definition) is 0. The Morgan fingerprint density at radius 1 is 1.28 bits per heavy atom. The summed E-state index contributed by atoms with van der Waals surface area (Å²) in [5.74, 6) is 2.34. The Kier molecular flexibility index (Phi) is 4.57. The van der Waals surface area contributed by atoms with Gasteiger partial charge in [0.15, 0.2) is 0 Å². The number of benzene rings is 1. The average molecular weight is 358 g/mol. The van der Waals surface area contributed by atoms with Gasteiger partial charge in [0.1, 0.15) is 11.6 Å². The maximum Gasteiger partial charge on any atom is 0.225 e. The first-order valence-electron chi connectivity index (χ1n) is 8.72. The normalized spacial score (nSPS) is 17.6. The van der Waals surface area contributed by atoms with Gasteiger partial charge in [-0.2, -0.15) is 4.37 Å². The minimum Gasteiger partial charge on any atom is -0.497 e. The molecule has 4 rings (SSSR count). The lowest BCUT2D eigenvalue weighted by Gasteiger charge is -2.34. The SMILES string of the molecule is COc1cccc(Cc2nsc(N3CCN(C(=O)C4CC4)CC3)n2)c1. The molecule has 2 heterocycles. The number of carbonyl (C=O) groups excluding carboxylic acids is 1. The summed E-state index contributed by atoms with van der Waals surface area (Å²) in [5.41, 5.74) is 1.14. The lowest BCUT2D eigenvalue weighted by Crippen LogP contribution is -2.49. The highest BCUT2D eigenvalue weighted by Gasteiger charge is 2.34. The number of carbonyl (C=O) groups is 1. The van der Waals surface area contributed by atoms with E-state index < -0.39 is 0 Å². The Morgan fingerprint density at radius 3 is 2.80 bits per heavy atom. The highest BCUT2D eigenvalue weighted by Crippen LogP contribution is 2.31. The van der Waals surface area contributed by atoms with Crippen LogP contribution < -0.4 is 9.64 Å². The fourth-order valence-electron chi connectivity index (χ4n) is 3.12. The smallest absolute Gasteiger partial charge is 0.225 e. The molecule has 1 saturated carbocycles. The highest BCUT2D eigenvalue weighted by atomic mass is 32.1. The van der Waals surface area contributed by atoms with Crippen LogP contribution in [0.15, 0.2) is 24.3 Å². The van der Waals surface area contributed by atoms with Crippen LogP contribution in [0.25, 0.3) is 0 Å². The van der Waals surface area contributed by atoms with E-state index in [0.717, 1.165) is 61.3 Å². The fourth-order valence-corrected chi connectivity index (χ4v) is 3.85. The van der Waals surface area contributed by atoms with Crippen LogP contribution in [0.5, 0.6) is 5.75 Å². The van der Waals surface area contributed by atoms with Crippen molar-refractivity contribution < 1.29 is 9.53 Å². The number of amides is 1. The Bertz CT molecular complexity index is 751. The maximum atomic E-state index is 12.1. The first-order valence-corrected chi connectivity index (χ1v) is 9.49. The van der Waals surface area contributed by atoms with Crippen molar-refractivity contribution in [1.82, 2.24) is 14.3 Å². The molecule has 2 aromatic rings. The van der Waals surface area contributed by atoms with Gasteiger partial charge in [0.25, 0.3) is 0 Å². The summed E-state index contributed by atoms with van der Waals surface area (Å²) in [6, 6.07) is 8.00. The van der Waals surface area contributed by atoms with Crippen molar-refractivity contribution in [3.05, 3.63) is 35.7 Å². The number of hydrogen-bond acceptors (Lipinski definition) is 6. The number of nitrogens with zero attached hydrogens (tertiary/aromatic N) is 4. The van der Waals surface area contributed by atoms with E-state index in [1.807, 2.05) is 23.1 Å². The Labute approximate surface area is 151 Å². The molecule has 2 aliphatic rings. The van der Waals surface area contributed by atoms with E-state index in [1.165, 1.54) is 11.5 Å². The molecule has 7 heteroatoms. The van der Waals surface area contributed by atoms with Crippen molar-refractivity contribution in [3.63, 3.8) is 0 Å². The van der Waals surface area contributed by atoms with Gasteiger partial charge >= 0.3 is 0 Å². The van der Waals surface area contributed by atoms with E-state index in [2.05, 4.69) is 15.3 Å². The zero-order valence-electron chi connectivity index (χ0n) is 14.4. The molecule has 1 aromatic carbocycles. The Balaban J connectivity index is 1.35. The Morgan fingerprint density at radius 2 is 2.08 bits per heavy atom. The number of rotatable bonds is 5. The van der Waals surface area contributed by atoms with Crippen LogP contribution >= 0.6 is 11.5 Å². The molecule has 25 heavy (non-hydrogen) atoms. The van der Waals surface area contributed by atoms with Crippen molar-refractivity contribution in [2.75, 3.05) is 38.2 Å². The van der Waals surface area contributed by atoms with E-state index in [4.69, 9.17) is 9.72 Å². The predicted octanol–water partition coefficient (Wildman–Crippen LogP) is 2.20. The van der Waals surface area contributed by atoms with Crippen molar-refractivity contribution >= 4 is 22.6 Å². The van der Waals surface area contributed by atoms with Gasteiger partial charge in [-0.1, -0.05) is 12.1 Å². The molecule has 132 valence electrons. The second kappa shape index (κ2) is 7.00. The molecule has 1 aliphatic heterocycles. The molecule has 1 aromatic heterocycles. The molecule has 1 amide bonds. The second-order valence-corrected chi connectivity index (χ2v) is 7.34. The third-order valence-electron chi connectivity index (χ3n) is 4.74. The summed E-state index contributed by atoms with van der Waals surface area (Å²) >= 11 is 1.44. The van der Waals surface area contributed by atoms with E-state index >= 15 is 0 Å². The summed E-state index contributed by atoms with van der Waals surface area (Å²) in [6.45, 7) is 3.26. The van der Waals surface area contributed by atoms with Gasteiger partial charge in [-0.05, 0) is 30.5 Å². The third-order valence-corrected chi connectivity index (χ3v) is 5.56. The highest BCUT2D eigenvalue weighted by molar-refractivity contribution is 7.09. The van der Waals surface area contributed by atoms with E-state index in [-0.39, 0.29) is 0 Å². The molecule has 2 fully saturated rings. The van der Waals surface area contributed by atoms with Gasteiger partial charge in [-0.25, -0.2) is 4.98 Å². The van der Waals surface area contributed by atoms with Crippen LogP contribution in [0.4, 0.5) is 5.13 Å². The third kappa shape index (κ3) is 3.76. The Hall–Kier alpha value is -2.15. The van der Waals surface area contributed by atoms with Crippen molar-refractivity contribution in [2.45, 2.75) is 19.3 Å². The molecule has 0 radical (unpaired) electrons. The zero-order valence-corrected chi connectivity index (χ0v) is 15.2. The molecular weight excluding hydrogens is 336 g/mol. The van der Waals surface area contributed by atoms with Gasteiger partial charge in [-0.3, -0.25) is 4.79 Å². The number of methoxy groups -OCH3 is 1. The monoisotopic (exact) mass is 358 g/mol. The van der Waals surface area contributed by atoms with Crippen LogP contribution in [-0.4, -0.2) is 53.5 Å². The summed E-state index contributed by atoms with van der Waals surface area (Å²) in [5, 5.41) is 0.955. The topological polar surface area (TPSA) is 58.6 Å². The van der Waals surface area contributed by atoms with Gasteiger partial charge in [0.05, 0.1) is 7.11 Å². The summed E-state index contributed by atoms with van der Waals surface area (Å²) in [7, 11) is 1.67. The van der Waals surface area contributed by atoms with E-state index in [0.29, 0.717) is 18.2 Å². The molecule has 1 aliphatic carbocycles. The summed E-state index contributed by atoms with van der Waals surface area (Å²) < 4.78 is 9.77. The molecule has 1 saturated heterocycles. The van der Waals surface area contributed by atoms with Gasteiger partial charge in [-0.15, -0.1) is 0 Å². The predicted molar refractivity (Wildman–Crippen MR) is 97.2 cm³/mol. The largest absolute Gasteiger partial charge is 0.497 e. The lowest BCUT2D eigenvalue weighted by molar-refractivity contribution is -0.132. The average Bonchev–Trinajstić information content (AvgIpc) is 3.41. The summed E-state index contributed by atoms with van der Waals surface area (Å²) in [6.07, 6.45) is 2.85. The summed E-state index contributed by atoms with van der Waals surface area (Å²) in [4.78, 5) is 21.1. The van der Waals surface area contributed by atoms with Crippen LogP contribution in [0.3, 0.4) is 0 Å². The number of aromatic nitrogens is 2. The van der Waals surface area contributed by atoms with Crippen molar-refractivity contribution in [2.24, 2.45) is 5.92 Å². The first kappa shape index (κ1) is 16.3. The molecule has 0 bridgehead atoms. The van der Waals surface area contributed by atoms with Crippen molar-refractivity contribution in [3.8, 4) is 5.75 Å². The molecule has 0 N–H and O–H groups in total. The number of piperazine rings is 1. The molecule has 0 unspecified atom stereocenters. The second-order valence-electron chi connectivity index (χ2n) is 6.61. The number of ether oxygens (including phenoxy) is 1. The van der Waals surface area contributed by atoms with Crippen LogP contribution in [-0.2, 0) is 11.2 Å². The van der Waals surface area contributed by atoms with E-state index in [9.17, 15) is 4.79 Å². The molecule has 0 atom stereocenters. The minimum absolute atomic E-state index is 0.308. The van der Waals surface area contributed by atoms with E-state index in [1.54, 1.807) is 7.11 Å². The minimum atomic E-state index is 0.308. The first-order chi connectivity index (χ1) is 12.2. The van der Waals surface area contributed by atoms with Crippen LogP contribution in [0, 0.1) is 5.92 Å². The molecular formula is C18H22N4O2S. The maximum absolute atomic E-state index is 12.1.